The molecule has 1 atom stereocenters. The zero-order valence-corrected chi connectivity index (χ0v) is 14.5. The molecule has 3 rings (SSSR count). The van der Waals surface area contributed by atoms with Crippen molar-refractivity contribution in [2.24, 2.45) is 17.6 Å². The zero-order valence-electron chi connectivity index (χ0n) is 13.7. The number of benzene rings is 1. The molecule has 1 aromatic carbocycles. The second-order valence-corrected chi connectivity index (χ2v) is 7.26. The monoisotopic (exact) mass is 349 g/mol. The molecule has 1 aliphatic carbocycles. The molecule has 2 aliphatic rings. The average Bonchev–Trinajstić information content (AvgIpc) is 2.53. The van der Waals surface area contributed by atoms with Crippen LogP contribution in [0, 0.1) is 11.8 Å². The van der Waals surface area contributed by atoms with Crippen LogP contribution in [0.3, 0.4) is 0 Å². The van der Waals surface area contributed by atoms with E-state index in [9.17, 15) is 9.59 Å². The quantitative estimate of drug-likeness (QED) is 0.876. The number of urea groups is 1. The van der Waals surface area contributed by atoms with E-state index in [0.717, 1.165) is 18.4 Å². The highest BCUT2D eigenvalue weighted by Crippen LogP contribution is 2.38. The number of rotatable bonds is 4. The van der Waals surface area contributed by atoms with Gasteiger partial charge in [-0.2, -0.15) is 0 Å². The zero-order chi connectivity index (χ0) is 17.1. The molecule has 1 aliphatic heterocycles. The number of halogens is 1. The summed E-state index contributed by atoms with van der Waals surface area (Å²) in [7, 11) is 0. The smallest absolute Gasteiger partial charge is 0.314 e. The van der Waals surface area contributed by atoms with E-state index in [0.29, 0.717) is 36.9 Å². The van der Waals surface area contributed by atoms with Gasteiger partial charge in [-0.25, -0.2) is 4.79 Å². The summed E-state index contributed by atoms with van der Waals surface area (Å²) in [5.41, 5.74) is 6.42. The Hall–Kier alpha value is -1.75. The van der Waals surface area contributed by atoms with Crippen molar-refractivity contribution in [1.82, 2.24) is 10.2 Å². The largest absolute Gasteiger partial charge is 0.351 e. The Morgan fingerprint density at radius 3 is 2.25 bits per heavy atom. The van der Waals surface area contributed by atoms with Gasteiger partial charge in [0.1, 0.15) is 0 Å². The lowest BCUT2D eigenvalue weighted by Crippen LogP contribution is -2.46. The molecule has 0 spiro atoms. The first kappa shape index (κ1) is 17.1. The van der Waals surface area contributed by atoms with Gasteiger partial charge in [0.05, 0.1) is 6.04 Å². The summed E-state index contributed by atoms with van der Waals surface area (Å²) in [5, 5.41) is 3.96. The minimum Gasteiger partial charge on any atom is -0.351 e. The molecule has 1 heterocycles. The maximum atomic E-state index is 12.7. The lowest BCUT2D eigenvalue weighted by atomic mass is 9.77. The normalized spacial score (nSPS) is 20.3. The molecule has 3 N–H and O–H groups in total. The van der Waals surface area contributed by atoms with E-state index in [4.69, 9.17) is 17.3 Å². The molecule has 0 unspecified atom stereocenters. The molecule has 1 saturated heterocycles. The van der Waals surface area contributed by atoms with Crippen LogP contribution >= 0.6 is 11.6 Å². The number of primary amides is 1. The number of nitrogens with two attached hydrogens (primary N) is 1. The molecule has 2 fully saturated rings. The van der Waals surface area contributed by atoms with Gasteiger partial charge in [-0.1, -0.05) is 30.2 Å². The molecular formula is C18H24ClN3O2. The van der Waals surface area contributed by atoms with E-state index in [1.54, 1.807) is 4.90 Å². The van der Waals surface area contributed by atoms with Crippen molar-refractivity contribution in [2.75, 3.05) is 13.1 Å². The fraction of sp³-hybridized carbons (Fsp3) is 0.556. The maximum absolute atomic E-state index is 12.7. The molecule has 1 aromatic rings. The van der Waals surface area contributed by atoms with Gasteiger partial charge in [0.25, 0.3) is 0 Å². The first-order valence-corrected chi connectivity index (χ1v) is 9.02. The summed E-state index contributed by atoms with van der Waals surface area (Å²) in [6.07, 6.45) is 4.86. The molecule has 130 valence electrons. The second-order valence-electron chi connectivity index (χ2n) is 6.83. The summed E-state index contributed by atoms with van der Waals surface area (Å²) < 4.78 is 0. The Morgan fingerprint density at radius 1 is 1.12 bits per heavy atom. The van der Waals surface area contributed by atoms with Crippen LogP contribution in [0.5, 0.6) is 0 Å². The first-order chi connectivity index (χ1) is 11.5. The highest BCUT2D eigenvalue weighted by atomic mass is 35.5. The molecule has 24 heavy (non-hydrogen) atoms. The van der Waals surface area contributed by atoms with Gasteiger partial charge in [-0.05, 0) is 49.3 Å². The van der Waals surface area contributed by atoms with E-state index < -0.39 is 6.03 Å². The number of piperidine rings is 1. The van der Waals surface area contributed by atoms with Crippen molar-refractivity contribution < 1.29 is 9.59 Å². The van der Waals surface area contributed by atoms with Crippen molar-refractivity contribution in [3.8, 4) is 0 Å². The molecule has 3 amide bonds. The van der Waals surface area contributed by atoms with Crippen LogP contribution in [-0.2, 0) is 4.79 Å². The highest BCUT2D eigenvalue weighted by Gasteiger charge is 2.33. The van der Waals surface area contributed by atoms with Gasteiger partial charge < -0.3 is 16.0 Å². The Labute approximate surface area is 147 Å². The summed E-state index contributed by atoms with van der Waals surface area (Å²) in [6.45, 7) is 1.12. The van der Waals surface area contributed by atoms with Crippen molar-refractivity contribution in [1.29, 1.82) is 0 Å². The third kappa shape index (κ3) is 3.83. The average molecular weight is 350 g/mol. The number of amides is 3. The fourth-order valence-electron chi connectivity index (χ4n) is 3.55. The lowest BCUT2D eigenvalue weighted by Gasteiger charge is -2.36. The van der Waals surface area contributed by atoms with Crippen LogP contribution < -0.4 is 11.1 Å². The Balaban J connectivity index is 1.63. The van der Waals surface area contributed by atoms with Gasteiger partial charge >= 0.3 is 6.03 Å². The van der Waals surface area contributed by atoms with E-state index in [-0.39, 0.29) is 17.9 Å². The Bertz CT molecular complexity index is 593. The topological polar surface area (TPSA) is 75.4 Å². The number of hydrogen-bond acceptors (Lipinski definition) is 2. The predicted octanol–water partition coefficient (Wildman–Crippen LogP) is 3.09. The molecule has 0 bridgehead atoms. The molecule has 1 saturated carbocycles. The van der Waals surface area contributed by atoms with E-state index in [1.165, 1.54) is 6.42 Å². The van der Waals surface area contributed by atoms with Crippen LogP contribution in [0.15, 0.2) is 24.3 Å². The van der Waals surface area contributed by atoms with Crippen LogP contribution in [0.4, 0.5) is 4.79 Å². The standard InChI is InChI=1S/C18H24ClN3O2/c19-15-6-4-13(5-7-15)16(12-2-1-3-12)21-17(23)14-8-10-22(11-9-14)18(20)24/h4-7,12,14,16H,1-3,8-11H2,(H2,20,24)(H,21,23)/t16-/m1/s1. The molecule has 6 heteroatoms. The van der Waals surface area contributed by atoms with Crippen LogP contribution in [0.2, 0.25) is 5.02 Å². The van der Waals surface area contributed by atoms with Crippen molar-refractivity contribution in [3.63, 3.8) is 0 Å². The third-order valence-corrected chi connectivity index (χ3v) is 5.58. The number of nitrogens with one attached hydrogen (secondary N) is 1. The minimum absolute atomic E-state index is 0.0459. The van der Waals surface area contributed by atoms with E-state index >= 15 is 0 Å². The molecule has 0 radical (unpaired) electrons. The van der Waals surface area contributed by atoms with Crippen LogP contribution in [0.25, 0.3) is 0 Å². The number of carbonyl (C=O) groups excluding carboxylic acids is 2. The number of carbonyl (C=O) groups is 2. The van der Waals surface area contributed by atoms with E-state index in [2.05, 4.69) is 5.32 Å². The Morgan fingerprint density at radius 2 is 1.75 bits per heavy atom. The van der Waals surface area contributed by atoms with E-state index in [1.807, 2.05) is 24.3 Å². The van der Waals surface area contributed by atoms with Gasteiger partial charge in [0.15, 0.2) is 0 Å². The molecular weight excluding hydrogens is 326 g/mol. The van der Waals surface area contributed by atoms with Gasteiger partial charge in [0.2, 0.25) is 5.91 Å². The van der Waals surface area contributed by atoms with Gasteiger partial charge in [-0.15, -0.1) is 0 Å². The number of hydrogen-bond donors (Lipinski definition) is 2. The maximum Gasteiger partial charge on any atom is 0.314 e. The summed E-state index contributed by atoms with van der Waals surface area (Å²) in [6, 6.07) is 7.41. The predicted molar refractivity (Wildman–Crippen MR) is 93.6 cm³/mol. The van der Waals surface area contributed by atoms with Crippen molar-refractivity contribution in [2.45, 2.75) is 38.1 Å². The van der Waals surface area contributed by atoms with Crippen LogP contribution in [-0.4, -0.2) is 29.9 Å². The number of nitrogens with zero attached hydrogens (tertiary/aromatic N) is 1. The van der Waals surface area contributed by atoms with Gasteiger partial charge in [-0.3, -0.25) is 4.79 Å². The van der Waals surface area contributed by atoms with Crippen LogP contribution in [0.1, 0.15) is 43.7 Å². The van der Waals surface area contributed by atoms with Crippen molar-refractivity contribution in [3.05, 3.63) is 34.9 Å². The lowest BCUT2D eigenvalue weighted by molar-refractivity contribution is -0.127. The fourth-order valence-corrected chi connectivity index (χ4v) is 3.68. The number of likely N-dealkylation sites (tertiary alicyclic amines) is 1. The second kappa shape index (κ2) is 7.43. The summed E-state index contributed by atoms with van der Waals surface area (Å²) in [4.78, 5) is 25.5. The van der Waals surface area contributed by atoms with Gasteiger partial charge in [0, 0.05) is 24.0 Å². The molecule has 5 nitrogen and oxygen atoms in total. The Kier molecular flexibility index (Phi) is 5.29. The minimum atomic E-state index is -0.401. The highest BCUT2D eigenvalue weighted by molar-refractivity contribution is 6.30. The SMILES string of the molecule is NC(=O)N1CCC(C(=O)N[C@@H](c2ccc(Cl)cc2)C2CCC2)CC1. The summed E-state index contributed by atoms with van der Waals surface area (Å²) >= 11 is 5.98. The third-order valence-electron chi connectivity index (χ3n) is 5.33. The summed E-state index contributed by atoms with van der Waals surface area (Å²) in [5.74, 6) is 0.544. The van der Waals surface area contributed by atoms with Crippen molar-refractivity contribution >= 4 is 23.5 Å². The first-order valence-electron chi connectivity index (χ1n) is 8.65. The molecule has 0 aromatic heterocycles.